The van der Waals surface area contributed by atoms with E-state index in [9.17, 15) is 9.59 Å². The second-order valence-electron chi connectivity index (χ2n) is 4.24. The fourth-order valence-electron chi connectivity index (χ4n) is 1.52. The number of aryl methyl sites for hydroxylation is 1. The molecule has 0 saturated carbocycles. The zero-order valence-electron chi connectivity index (χ0n) is 10.9. The maximum absolute atomic E-state index is 11.7. The fraction of sp³-hybridized carbons (Fsp3) is 0.385. The molecular formula is C13H17BrN2O3. The average Bonchev–Trinajstić information content (AvgIpc) is 2.34. The number of benzene rings is 1. The van der Waals surface area contributed by atoms with E-state index in [1.54, 1.807) is 13.0 Å². The molecule has 0 aliphatic heterocycles. The molecule has 0 radical (unpaired) electrons. The molecule has 1 aromatic carbocycles. The number of rotatable bonds is 5. The number of aliphatic carboxylic acids is 1. The molecule has 6 heteroatoms. The van der Waals surface area contributed by atoms with E-state index >= 15 is 0 Å². The van der Waals surface area contributed by atoms with Gasteiger partial charge < -0.3 is 15.7 Å². The number of carboxylic acid groups (broad SMARTS) is 1. The highest BCUT2D eigenvalue weighted by molar-refractivity contribution is 9.10. The van der Waals surface area contributed by atoms with Gasteiger partial charge in [-0.1, -0.05) is 28.9 Å². The maximum atomic E-state index is 11.7. The van der Waals surface area contributed by atoms with Crippen LogP contribution in [0.3, 0.4) is 0 Å². The molecular weight excluding hydrogens is 312 g/mol. The number of amides is 2. The van der Waals surface area contributed by atoms with Gasteiger partial charge in [0.2, 0.25) is 0 Å². The average molecular weight is 329 g/mol. The number of nitrogens with one attached hydrogen (secondary N) is 2. The van der Waals surface area contributed by atoms with E-state index in [1.807, 2.05) is 19.1 Å². The summed E-state index contributed by atoms with van der Waals surface area (Å²) < 4.78 is 0.866. The molecule has 0 aliphatic rings. The highest BCUT2D eigenvalue weighted by Crippen LogP contribution is 2.20. The Hall–Kier alpha value is -1.56. The summed E-state index contributed by atoms with van der Waals surface area (Å²) >= 11 is 3.33. The van der Waals surface area contributed by atoms with E-state index in [1.165, 1.54) is 0 Å². The van der Waals surface area contributed by atoms with Crippen molar-refractivity contribution in [1.29, 1.82) is 0 Å². The predicted octanol–water partition coefficient (Wildman–Crippen LogP) is 2.99. The van der Waals surface area contributed by atoms with E-state index < -0.39 is 17.9 Å². The molecule has 0 aromatic heterocycles. The van der Waals surface area contributed by atoms with Crippen LogP contribution in [0.25, 0.3) is 0 Å². The first kappa shape index (κ1) is 15.5. The molecule has 0 bridgehead atoms. The quantitative estimate of drug-likeness (QED) is 0.777. The Balaban J connectivity index is 2.56. The van der Waals surface area contributed by atoms with Crippen LogP contribution in [0.2, 0.25) is 0 Å². The number of carbonyl (C=O) groups is 2. The summed E-state index contributed by atoms with van der Waals surface area (Å²) in [4.78, 5) is 22.5. The van der Waals surface area contributed by atoms with Gasteiger partial charge in [-0.05, 0) is 31.0 Å². The molecule has 0 fully saturated rings. The highest BCUT2D eigenvalue weighted by atomic mass is 79.9. The summed E-state index contributed by atoms with van der Waals surface area (Å²) in [6, 6.07) is 5.16. The summed E-state index contributed by atoms with van der Waals surface area (Å²) in [5.41, 5.74) is 1.62. The van der Waals surface area contributed by atoms with Crippen molar-refractivity contribution >= 4 is 33.6 Å². The van der Waals surface area contributed by atoms with Crippen molar-refractivity contribution in [2.24, 2.45) is 5.92 Å². The van der Waals surface area contributed by atoms with Crippen molar-refractivity contribution in [3.05, 3.63) is 28.2 Å². The molecule has 1 unspecified atom stereocenters. The van der Waals surface area contributed by atoms with Gasteiger partial charge in [-0.25, -0.2) is 4.79 Å². The lowest BCUT2D eigenvalue weighted by Crippen LogP contribution is -2.35. The van der Waals surface area contributed by atoms with Crippen LogP contribution in [-0.4, -0.2) is 23.7 Å². The van der Waals surface area contributed by atoms with Crippen LogP contribution in [0.4, 0.5) is 10.5 Å². The molecule has 3 N–H and O–H groups in total. The van der Waals surface area contributed by atoms with E-state index in [-0.39, 0.29) is 6.54 Å². The normalized spacial score (nSPS) is 11.7. The summed E-state index contributed by atoms with van der Waals surface area (Å²) in [5, 5.41) is 14.1. The standard InChI is InChI=1S/C13H17BrN2O3/c1-3-9(12(17)18)7-15-13(19)16-11-6-10(14)5-4-8(11)2/h4-6,9H,3,7H2,1-2H3,(H,17,18)(H2,15,16,19). The second-order valence-corrected chi connectivity index (χ2v) is 5.15. The third-order valence-electron chi connectivity index (χ3n) is 2.80. The minimum atomic E-state index is -0.901. The van der Waals surface area contributed by atoms with Crippen molar-refractivity contribution in [3.63, 3.8) is 0 Å². The Morgan fingerprint density at radius 2 is 2.11 bits per heavy atom. The Morgan fingerprint density at radius 3 is 2.68 bits per heavy atom. The number of halogens is 1. The number of hydrogen-bond donors (Lipinski definition) is 3. The molecule has 0 heterocycles. The first-order valence-electron chi connectivity index (χ1n) is 5.97. The van der Waals surface area contributed by atoms with Gasteiger partial charge in [-0.2, -0.15) is 0 Å². The minimum Gasteiger partial charge on any atom is -0.481 e. The van der Waals surface area contributed by atoms with Gasteiger partial charge in [-0.3, -0.25) is 4.79 Å². The number of carboxylic acids is 1. The predicted molar refractivity (Wildman–Crippen MR) is 77.3 cm³/mol. The molecule has 104 valence electrons. The molecule has 1 rings (SSSR count). The monoisotopic (exact) mass is 328 g/mol. The van der Waals surface area contributed by atoms with Crippen LogP contribution >= 0.6 is 15.9 Å². The molecule has 1 aromatic rings. The number of hydrogen-bond acceptors (Lipinski definition) is 2. The molecule has 2 amide bonds. The molecule has 5 nitrogen and oxygen atoms in total. The van der Waals surface area contributed by atoms with Crippen LogP contribution in [0.5, 0.6) is 0 Å². The molecule has 19 heavy (non-hydrogen) atoms. The van der Waals surface area contributed by atoms with Gasteiger partial charge in [0.05, 0.1) is 5.92 Å². The Bertz CT molecular complexity index is 477. The first-order chi connectivity index (χ1) is 8.93. The molecule has 0 aliphatic carbocycles. The maximum Gasteiger partial charge on any atom is 0.319 e. The summed E-state index contributed by atoms with van der Waals surface area (Å²) in [5.74, 6) is -1.46. The van der Waals surface area contributed by atoms with E-state index in [0.717, 1.165) is 10.0 Å². The van der Waals surface area contributed by atoms with Crippen molar-refractivity contribution in [3.8, 4) is 0 Å². The fourth-order valence-corrected chi connectivity index (χ4v) is 1.88. The zero-order chi connectivity index (χ0) is 14.4. The van der Waals surface area contributed by atoms with Gasteiger partial charge in [0.15, 0.2) is 0 Å². The minimum absolute atomic E-state index is 0.116. The van der Waals surface area contributed by atoms with Crippen LogP contribution in [0.1, 0.15) is 18.9 Å². The van der Waals surface area contributed by atoms with E-state index in [2.05, 4.69) is 26.6 Å². The number of carbonyl (C=O) groups excluding carboxylic acids is 1. The van der Waals surface area contributed by atoms with Crippen molar-refractivity contribution in [1.82, 2.24) is 5.32 Å². The van der Waals surface area contributed by atoms with Gasteiger partial charge in [0, 0.05) is 16.7 Å². The van der Waals surface area contributed by atoms with E-state index in [0.29, 0.717) is 12.1 Å². The third-order valence-corrected chi connectivity index (χ3v) is 3.29. The first-order valence-corrected chi connectivity index (χ1v) is 6.77. The topological polar surface area (TPSA) is 78.4 Å². The van der Waals surface area contributed by atoms with Gasteiger partial charge in [0.1, 0.15) is 0 Å². The summed E-state index contributed by atoms with van der Waals surface area (Å²) in [6.45, 7) is 3.77. The second kappa shape index (κ2) is 7.13. The van der Waals surface area contributed by atoms with Crippen LogP contribution < -0.4 is 10.6 Å². The number of anilines is 1. The molecule has 0 saturated heterocycles. The SMILES string of the molecule is CCC(CNC(=O)Nc1cc(Br)ccc1C)C(=O)O. The van der Waals surface area contributed by atoms with Crippen molar-refractivity contribution in [2.75, 3.05) is 11.9 Å². The lowest BCUT2D eigenvalue weighted by Gasteiger charge is -2.13. The van der Waals surface area contributed by atoms with Gasteiger partial charge in [-0.15, -0.1) is 0 Å². The van der Waals surface area contributed by atoms with Gasteiger partial charge >= 0.3 is 12.0 Å². The number of urea groups is 1. The molecule has 1 atom stereocenters. The smallest absolute Gasteiger partial charge is 0.319 e. The van der Waals surface area contributed by atoms with Crippen LogP contribution in [0.15, 0.2) is 22.7 Å². The van der Waals surface area contributed by atoms with Crippen molar-refractivity contribution in [2.45, 2.75) is 20.3 Å². The third kappa shape index (κ3) is 4.90. The zero-order valence-corrected chi connectivity index (χ0v) is 12.5. The highest BCUT2D eigenvalue weighted by Gasteiger charge is 2.16. The molecule has 0 spiro atoms. The lowest BCUT2D eigenvalue weighted by molar-refractivity contribution is -0.141. The Morgan fingerprint density at radius 1 is 1.42 bits per heavy atom. The summed E-state index contributed by atoms with van der Waals surface area (Å²) in [6.07, 6.45) is 0.478. The van der Waals surface area contributed by atoms with Crippen LogP contribution in [0, 0.1) is 12.8 Å². The van der Waals surface area contributed by atoms with E-state index in [4.69, 9.17) is 5.11 Å². The Kier molecular flexibility index (Phi) is 5.82. The lowest BCUT2D eigenvalue weighted by atomic mass is 10.1. The Labute approximate surface area is 120 Å². The van der Waals surface area contributed by atoms with Crippen molar-refractivity contribution < 1.29 is 14.7 Å². The van der Waals surface area contributed by atoms with Crippen LogP contribution in [-0.2, 0) is 4.79 Å². The van der Waals surface area contributed by atoms with Gasteiger partial charge in [0.25, 0.3) is 0 Å². The summed E-state index contributed by atoms with van der Waals surface area (Å²) in [7, 11) is 0. The largest absolute Gasteiger partial charge is 0.481 e.